The van der Waals surface area contributed by atoms with Crippen LogP contribution in [0.15, 0.2) is 42.6 Å². The van der Waals surface area contributed by atoms with Gasteiger partial charge < -0.3 is 15.5 Å². The molecule has 142 valence electrons. The molecule has 0 spiro atoms. The van der Waals surface area contributed by atoms with Crippen molar-refractivity contribution in [2.45, 2.75) is 33.6 Å². The monoisotopic (exact) mass is 366 g/mol. The van der Waals surface area contributed by atoms with E-state index in [9.17, 15) is 9.59 Å². The molecule has 1 saturated heterocycles. The lowest BCUT2D eigenvalue weighted by molar-refractivity contribution is -0.123. The number of carbonyl (C=O) groups is 2. The van der Waals surface area contributed by atoms with Gasteiger partial charge in [-0.05, 0) is 43.2 Å². The quantitative estimate of drug-likeness (QED) is 0.860. The van der Waals surface area contributed by atoms with Crippen LogP contribution in [0.3, 0.4) is 0 Å². The number of nitrogens with zero attached hydrogens (tertiary/aromatic N) is 2. The lowest BCUT2D eigenvalue weighted by Crippen LogP contribution is -2.27. The lowest BCUT2D eigenvalue weighted by Gasteiger charge is -2.18. The van der Waals surface area contributed by atoms with Gasteiger partial charge in [-0.3, -0.25) is 9.59 Å². The second kappa shape index (κ2) is 7.78. The van der Waals surface area contributed by atoms with Crippen LogP contribution in [0.25, 0.3) is 0 Å². The highest BCUT2D eigenvalue weighted by atomic mass is 16.2. The van der Waals surface area contributed by atoms with Crippen molar-refractivity contribution in [3.63, 3.8) is 0 Å². The standard InChI is InChI=1S/C21H26N4O2/c1-21(2,3)20(27)24-16-8-6-7-15(13-16)19(26)23-17-9-10-18(22-14-17)25-11-4-5-12-25/h6-10,13-14H,4-5,11-12H2,1-3H3,(H,23,26)(H,24,27). The molecule has 0 saturated carbocycles. The fourth-order valence-corrected chi connectivity index (χ4v) is 2.85. The fourth-order valence-electron chi connectivity index (χ4n) is 2.85. The maximum atomic E-state index is 12.5. The third-order valence-corrected chi connectivity index (χ3v) is 4.50. The maximum Gasteiger partial charge on any atom is 0.255 e. The topological polar surface area (TPSA) is 74.3 Å². The molecule has 2 amide bonds. The predicted octanol–water partition coefficient (Wildman–Crippen LogP) is 3.92. The average molecular weight is 366 g/mol. The molecule has 6 nitrogen and oxygen atoms in total. The van der Waals surface area contributed by atoms with Crippen LogP contribution in [0.5, 0.6) is 0 Å². The van der Waals surface area contributed by atoms with Gasteiger partial charge >= 0.3 is 0 Å². The van der Waals surface area contributed by atoms with Crippen molar-refractivity contribution in [3.05, 3.63) is 48.2 Å². The highest BCUT2D eigenvalue weighted by Gasteiger charge is 2.21. The first-order valence-electron chi connectivity index (χ1n) is 9.27. The number of benzene rings is 1. The van der Waals surface area contributed by atoms with Crippen molar-refractivity contribution in [3.8, 4) is 0 Å². The summed E-state index contributed by atoms with van der Waals surface area (Å²) in [6.45, 7) is 7.60. The molecular formula is C21H26N4O2. The number of amides is 2. The molecule has 27 heavy (non-hydrogen) atoms. The van der Waals surface area contributed by atoms with Crippen molar-refractivity contribution in [1.29, 1.82) is 0 Å². The Morgan fingerprint density at radius 1 is 1.00 bits per heavy atom. The third kappa shape index (κ3) is 4.84. The van der Waals surface area contributed by atoms with Crippen molar-refractivity contribution in [1.82, 2.24) is 4.98 Å². The summed E-state index contributed by atoms with van der Waals surface area (Å²) in [5.41, 5.74) is 1.23. The van der Waals surface area contributed by atoms with Crippen LogP contribution < -0.4 is 15.5 Å². The van der Waals surface area contributed by atoms with E-state index in [0.717, 1.165) is 18.9 Å². The minimum absolute atomic E-state index is 0.0956. The van der Waals surface area contributed by atoms with E-state index in [-0.39, 0.29) is 11.8 Å². The summed E-state index contributed by atoms with van der Waals surface area (Å²) >= 11 is 0. The Balaban J connectivity index is 1.65. The number of hydrogen-bond acceptors (Lipinski definition) is 4. The molecule has 0 aliphatic carbocycles. The average Bonchev–Trinajstić information content (AvgIpc) is 3.16. The number of aromatic nitrogens is 1. The molecule has 2 heterocycles. The zero-order chi connectivity index (χ0) is 19.4. The lowest BCUT2D eigenvalue weighted by atomic mass is 9.95. The molecule has 0 atom stereocenters. The van der Waals surface area contributed by atoms with Crippen LogP contribution in [0, 0.1) is 5.41 Å². The number of carbonyl (C=O) groups excluding carboxylic acids is 2. The van der Waals surface area contributed by atoms with Crippen molar-refractivity contribution in [2.24, 2.45) is 5.41 Å². The van der Waals surface area contributed by atoms with Gasteiger partial charge in [0, 0.05) is 29.8 Å². The maximum absolute atomic E-state index is 12.5. The van der Waals surface area contributed by atoms with E-state index in [1.165, 1.54) is 12.8 Å². The second-order valence-corrected chi connectivity index (χ2v) is 7.84. The van der Waals surface area contributed by atoms with Gasteiger partial charge in [0.1, 0.15) is 5.82 Å². The van der Waals surface area contributed by atoms with Crippen LogP contribution in [0.1, 0.15) is 44.0 Å². The van der Waals surface area contributed by atoms with E-state index in [1.807, 2.05) is 32.9 Å². The third-order valence-electron chi connectivity index (χ3n) is 4.50. The predicted molar refractivity (Wildman–Crippen MR) is 108 cm³/mol. The van der Waals surface area contributed by atoms with Gasteiger partial charge in [0.25, 0.3) is 5.91 Å². The normalized spacial score (nSPS) is 14.1. The Bertz CT molecular complexity index is 819. The molecular weight excluding hydrogens is 340 g/mol. The van der Waals surface area contributed by atoms with E-state index < -0.39 is 5.41 Å². The van der Waals surface area contributed by atoms with Crippen molar-refractivity contribution in [2.75, 3.05) is 28.6 Å². The fraction of sp³-hybridized carbons (Fsp3) is 0.381. The molecule has 2 N–H and O–H groups in total. The van der Waals surface area contributed by atoms with Gasteiger partial charge in [-0.1, -0.05) is 26.8 Å². The van der Waals surface area contributed by atoms with Gasteiger partial charge in [0.05, 0.1) is 11.9 Å². The number of rotatable bonds is 4. The van der Waals surface area contributed by atoms with E-state index in [4.69, 9.17) is 0 Å². The molecule has 1 aromatic carbocycles. The van der Waals surface area contributed by atoms with Crippen molar-refractivity contribution >= 4 is 29.0 Å². The van der Waals surface area contributed by atoms with Crippen LogP contribution in [0.4, 0.5) is 17.2 Å². The molecule has 2 aromatic rings. The van der Waals surface area contributed by atoms with E-state index in [0.29, 0.717) is 16.9 Å². The van der Waals surface area contributed by atoms with Gasteiger partial charge in [0.15, 0.2) is 0 Å². The smallest absolute Gasteiger partial charge is 0.255 e. The first kappa shape index (κ1) is 18.9. The molecule has 0 bridgehead atoms. The van der Waals surface area contributed by atoms with Gasteiger partial charge in [-0.2, -0.15) is 0 Å². The summed E-state index contributed by atoms with van der Waals surface area (Å²) in [5.74, 6) is 0.608. The summed E-state index contributed by atoms with van der Waals surface area (Å²) in [6, 6.07) is 10.7. The van der Waals surface area contributed by atoms with Gasteiger partial charge in [-0.15, -0.1) is 0 Å². The highest BCUT2D eigenvalue weighted by molar-refractivity contribution is 6.05. The van der Waals surface area contributed by atoms with Crippen LogP contribution in [-0.4, -0.2) is 29.9 Å². The highest BCUT2D eigenvalue weighted by Crippen LogP contribution is 2.21. The van der Waals surface area contributed by atoms with Crippen LogP contribution in [0.2, 0.25) is 0 Å². The van der Waals surface area contributed by atoms with E-state index in [2.05, 4.69) is 20.5 Å². The van der Waals surface area contributed by atoms with Crippen LogP contribution in [-0.2, 0) is 4.79 Å². The summed E-state index contributed by atoms with van der Waals surface area (Å²) in [4.78, 5) is 31.3. The summed E-state index contributed by atoms with van der Waals surface area (Å²) in [5, 5.41) is 5.70. The van der Waals surface area contributed by atoms with E-state index >= 15 is 0 Å². The summed E-state index contributed by atoms with van der Waals surface area (Å²) in [6.07, 6.45) is 4.07. The Kier molecular flexibility index (Phi) is 5.44. The Hall–Kier alpha value is -2.89. The largest absolute Gasteiger partial charge is 0.357 e. The first-order chi connectivity index (χ1) is 12.8. The summed E-state index contributed by atoms with van der Waals surface area (Å²) < 4.78 is 0. The zero-order valence-electron chi connectivity index (χ0n) is 16.1. The summed E-state index contributed by atoms with van der Waals surface area (Å²) in [7, 11) is 0. The molecule has 1 fully saturated rings. The second-order valence-electron chi connectivity index (χ2n) is 7.84. The minimum Gasteiger partial charge on any atom is -0.357 e. The Labute approximate surface area is 160 Å². The molecule has 3 rings (SSSR count). The number of anilines is 3. The number of hydrogen-bond donors (Lipinski definition) is 2. The molecule has 1 aromatic heterocycles. The number of nitrogens with one attached hydrogen (secondary N) is 2. The number of pyridine rings is 1. The van der Waals surface area contributed by atoms with E-state index in [1.54, 1.807) is 30.5 Å². The molecule has 0 radical (unpaired) electrons. The Morgan fingerprint density at radius 3 is 2.37 bits per heavy atom. The zero-order valence-corrected chi connectivity index (χ0v) is 16.1. The molecule has 1 aliphatic heterocycles. The Morgan fingerprint density at radius 2 is 1.74 bits per heavy atom. The van der Waals surface area contributed by atoms with Crippen molar-refractivity contribution < 1.29 is 9.59 Å². The molecule has 1 aliphatic rings. The molecule has 0 unspecified atom stereocenters. The molecule has 6 heteroatoms. The SMILES string of the molecule is CC(C)(C)C(=O)Nc1cccc(C(=O)Nc2ccc(N3CCCC3)nc2)c1. The van der Waals surface area contributed by atoms with Gasteiger partial charge in [-0.25, -0.2) is 4.98 Å². The first-order valence-corrected chi connectivity index (χ1v) is 9.27. The van der Waals surface area contributed by atoms with Crippen LogP contribution >= 0.6 is 0 Å². The van der Waals surface area contributed by atoms with Gasteiger partial charge in [0.2, 0.25) is 5.91 Å². The minimum atomic E-state index is -0.499.